The Bertz CT molecular complexity index is 446. The summed E-state index contributed by atoms with van der Waals surface area (Å²) in [6, 6.07) is 0. The van der Waals surface area contributed by atoms with Crippen molar-refractivity contribution < 1.29 is 4.74 Å². The lowest BCUT2D eigenvalue weighted by Gasteiger charge is -2.36. The molecule has 0 radical (unpaired) electrons. The van der Waals surface area contributed by atoms with E-state index in [0.717, 1.165) is 31.5 Å². The van der Waals surface area contributed by atoms with Gasteiger partial charge in [0.1, 0.15) is 5.01 Å². The molecular weight excluding hydrogens is 282 g/mol. The van der Waals surface area contributed by atoms with Crippen LogP contribution in [0, 0.1) is 11.8 Å². The quantitative estimate of drug-likeness (QED) is 0.851. The summed E-state index contributed by atoms with van der Waals surface area (Å²) in [7, 11) is 0. The van der Waals surface area contributed by atoms with Gasteiger partial charge in [0, 0.05) is 30.6 Å². The molecule has 3 fully saturated rings. The smallest absolute Gasteiger partial charge is 0.107 e. The first-order chi connectivity index (χ1) is 10.4. The highest BCUT2D eigenvalue weighted by molar-refractivity contribution is 7.09. The fraction of sp³-hybridized carbons (Fsp3) is 0.812. The monoisotopic (exact) mass is 307 g/mol. The highest BCUT2D eigenvalue weighted by atomic mass is 32.1. The molecule has 4 nitrogen and oxygen atoms in total. The molecule has 1 aromatic heterocycles. The van der Waals surface area contributed by atoms with Crippen LogP contribution in [0.5, 0.6) is 0 Å². The molecule has 3 aliphatic rings. The van der Waals surface area contributed by atoms with Crippen LogP contribution < -0.4 is 0 Å². The normalized spacial score (nSPS) is 34.4. The number of rotatable bonds is 4. The summed E-state index contributed by atoms with van der Waals surface area (Å²) in [6.07, 6.45) is 6.43. The number of hydrogen-bond acceptors (Lipinski definition) is 5. The Kier molecular flexibility index (Phi) is 4.25. The third kappa shape index (κ3) is 3.16. The molecule has 0 bridgehead atoms. The van der Waals surface area contributed by atoms with E-state index in [0.29, 0.717) is 6.10 Å². The summed E-state index contributed by atoms with van der Waals surface area (Å²) in [6.45, 7) is 8.14. The van der Waals surface area contributed by atoms with Gasteiger partial charge in [-0.1, -0.05) is 0 Å². The molecule has 0 saturated carbocycles. The standard InChI is InChI=1S/C16H25N3OS/c1-2-6-18(5-1)10-15-14-9-19(7-3-13(14)12-20-15)11-16-17-4-8-21-16/h4,8,13-15H,1-3,5-7,9-12H2/t13-,14-,15+/m0/s1. The van der Waals surface area contributed by atoms with Gasteiger partial charge in [0.05, 0.1) is 19.3 Å². The van der Waals surface area contributed by atoms with E-state index < -0.39 is 0 Å². The van der Waals surface area contributed by atoms with E-state index in [1.165, 1.54) is 50.4 Å². The van der Waals surface area contributed by atoms with Crippen LogP contribution in [0.3, 0.4) is 0 Å². The second kappa shape index (κ2) is 6.32. The van der Waals surface area contributed by atoms with Crippen LogP contribution in [0.15, 0.2) is 11.6 Å². The van der Waals surface area contributed by atoms with Gasteiger partial charge < -0.3 is 9.64 Å². The van der Waals surface area contributed by atoms with Crippen molar-refractivity contribution in [1.82, 2.24) is 14.8 Å². The molecule has 0 amide bonds. The zero-order valence-corrected chi connectivity index (χ0v) is 13.4. The maximum absolute atomic E-state index is 6.16. The number of piperidine rings is 1. The van der Waals surface area contributed by atoms with E-state index in [9.17, 15) is 0 Å². The lowest BCUT2D eigenvalue weighted by molar-refractivity contribution is 0.0484. The molecule has 0 N–H and O–H groups in total. The molecule has 3 saturated heterocycles. The number of likely N-dealkylation sites (tertiary alicyclic amines) is 2. The molecule has 4 heterocycles. The van der Waals surface area contributed by atoms with E-state index in [4.69, 9.17) is 4.74 Å². The van der Waals surface area contributed by atoms with Gasteiger partial charge in [0.25, 0.3) is 0 Å². The Morgan fingerprint density at radius 1 is 1.24 bits per heavy atom. The topological polar surface area (TPSA) is 28.6 Å². The molecule has 21 heavy (non-hydrogen) atoms. The predicted octanol–water partition coefficient (Wildman–Crippen LogP) is 2.08. The van der Waals surface area contributed by atoms with Gasteiger partial charge in [0.2, 0.25) is 0 Å². The fourth-order valence-corrected chi connectivity index (χ4v) is 4.83. The van der Waals surface area contributed by atoms with Crippen molar-refractivity contribution in [2.45, 2.75) is 31.9 Å². The van der Waals surface area contributed by atoms with Gasteiger partial charge in [0.15, 0.2) is 0 Å². The molecule has 4 rings (SSSR count). The first kappa shape index (κ1) is 14.1. The number of ether oxygens (including phenoxy) is 1. The van der Waals surface area contributed by atoms with E-state index >= 15 is 0 Å². The Labute approximate surface area is 131 Å². The highest BCUT2D eigenvalue weighted by Gasteiger charge is 2.41. The van der Waals surface area contributed by atoms with Gasteiger partial charge in [-0.05, 0) is 44.8 Å². The van der Waals surface area contributed by atoms with Crippen molar-refractivity contribution >= 4 is 11.3 Å². The minimum atomic E-state index is 0.465. The van der Waals surface area contributed by atoms with Crippen molar-refractivity contribution in [3.8, 4) is 0 Å². The Hall–Kier alpha value is -0.490. The predicted molar refractivity (Wildman–Crippen MR) is 84.4 cm³/mol. The van der Waals surface area contributed by atoms with Crippen LogP contribution in [-0.4, -0.2) is 60.2 Å². The molecule has 0 spiro atoms. The van der Waals surface area contributed by atoms with E-state index in [1.807, 2.05) is 6.20 Å². The minimum absolute atomic E-state index is 0.465. The Balaban J connectivity index is 1.36. The van der Waals surface area contributed by atoms with Crippen molar-refractivity contribution in [3.63, 3.8) is 0 Å². The van der Waals surface area contributed by atoms with Gasteiger partial charge in [-0.2, -0.15) is 0 Å². The fourth-order valence-electron chi connectivity index (χ4n) is 4.17. The van der Waals surface area contributed by atoms with Crippen LogP contribution in [0.4, 0.5) is 0 Å². The summed E-state index contributed by atoms with van der Waals surface area (Å²) in [4.78, 5) is 9.63. The van der Waals surface area contributed by atoms with Gasteiger partial charge in [-0.15, -0.1) is 11.3 Å². The number of thiazole rings is 1. The van der Waals surface area contributed by atoms with Crippen molar-refractivity contribution in [1.29, 1.82) is 0 Å². The molecule has 0 aromatic carbocycles. The van der Waals surface area contributed by atoms with Gasteiger partial charge in [-0.25, -0.2) is 4.98 Å². The summed E-state index contributed by atoms with van der Waals surface area (Å²) < 4.78 is 6.16. The SMILES string of the molecule is c1csc(CN2CC[C@H]3CO[C@H](CN4CCCC4)[C@H]3C2)n1. The third-order valence-corrected chi connectivity index (χ3v) is 6.14. The summed E-state index contributed by atoms with van der Waals surface area (Å²) in [5, 5.41) is 3.33. The summed E-state index contributed by atoms with van der Waals surface area (Å²) in [5.74, 6) is 1.53. The molecule has 5 heteroatoms. The molecule has 0 aliphatic carbocycles. The van der Waals surface area contributed by atoms with Crippen LogP contribution in [0.2, 0.25) is 0 Å². The molecule has 3 atom stereocenters. The van der Waals surface area contributed by atoms with E-state index in [1.54, 1.807) is 11.3 Å². The van der Waals surface area contributed by atoms with Gasteiger partial charge >= 0.3 is 0 Å². The lowest BCUT2D eigenvalue weighted by Crippen LogP contribution is -2.44. The maximum Gasteiger partial charge on any atom is 0.107 e. The van der Waals surface area contributed by atoms with Gasteiger partial charge in [-0.3, -0.25) is 4.90 Å². The van der Waals surface area contributed by atoms with Crippen molar-refractivity contribution in [2.75, 3.05) is 39.3 Å². The lowest BCUT2D eigenvalue weighted by atomic mass is 9.84. The largest absolute Gasteiger partial charge is 0.376 e. The average Bonchev–Trinajstić information content (AvgIpc) is 3.22. The van der Waals surface area contributed by atoms with Crippen LogP contribution in [0.25, 0.3) is 0 Å². The molecule has 3 aliphatic heterocycles. The van der Waals surface area contributed by atoms with Crippen LogP contribution >= 0.6 is 11.3 Å². The third-order valence-electron chi connectivity index (χ3n) is 5.37. The van der Waals surface area contributed by atoms with Crippen LogP contribution in [0.1, 0.15) is 24.3 Å². The number of nitrogens with zero attached hydrogens (tertiary/aromatic N) is 3. The molecular formula is C16H25N3OS. The summed E-state index contributed by atoms with van der Waals surface area (Å²) >= 11 is 1.78. The molecule has 116 valence electrons. The summed E-state index contributed by atoms with van der Waals surface area (Å²) in [5.41, 5.74) is 0. The first-order valence-electron chi connectivity index (χ1n) is 8.33. The number of aromatic nitrogens is 1. The van der Waals surface area contributed by atoms with Crippen molar-refractivity contribution in [2.24, 2.45) is 11.8 Å². The molecule has 1 aromatic rings. The van der Waals surface area contributed by atoms with E-state index in [2.05, 4.69) is 20.2 Å². The highest BCUT2D eigenvalue weighted by Crippen LogP contribution is 2.35. The Morgan fingerprint density at radius 2 is 2.14 bits per heavy atom. The first-order valence-corrected chi connectivity index (χ1v) is 9.21. The number of hydrogen-bond donors (Lipinski definition) is 0. The number of fused-ring (bicyclic) bond motifs is 1. The maximum atomic E-state index is 6.16. The molecule has 0 unspecified atom stereocenters. The Morgan fingerprint density at radius 3 is 2.95 bits per heavy atom. The zero-order chi connectivity index (χ0) is 14.1. The van der Waals surface area contributed by atoms with E-state index in [-0.39, 0.29) is 0 Å². The second-order valence-corrected chi connectivity index (χ2v) is 7.73. The van der Waals surface area contributed by atoms with Crippen molar-refractivity contribution in [3.05, 3.63) is 16.6 Å². The second-order valence-electron chi connectivity index (χ2n) is 6.75. The zero-order valence-electron chi connectivity index (χ0n) is 12.6. The van der Waals surface area contributed by atoms with Crippen LogP contribution in [-0.2, 0) is 11.3 Å². The minimum Gasteiger partial charge on any atom is -0.376 e. The average molecular weight is 307 g/mol.